The Hall–Kier alpha value is -3.44. The second-order valence-corrected chi connectivity index (χ2v) is 7.67. The molecule has 0 aromatic heterocycles. The first-order chi connectivity index (χ1) is 15.3. The number of carbonyl (C=O) groups is 1. The van der Waals surface area contributed by atoms with Gasteiger partial charge in [-0.15, -0.1) is 0 Å². The summed E-state index contributed by atoms with van der Waals surface area (Å²) in [7, 11) is 0. The molecule has 158 valence electrons. The zero-order valence-electron chi connectivity index (χ0n) is 17.5. The molecule has 1 saturated heterocycles. The monoisotopic (exact) mass is 413 g/mol. The summed E-state index contributed by atoms with van der Waals surface area (Å²) in [5.74, 6) is 0. The molecule has 3 aromatic rings. The van der Waals surface area contributed by atoms with Crippen LogP contribution in [0.3, 0.4) is 0 Å². The highest BCUT2D eigenvalue weighted by Gasteiger charge is 2.25. The molecule has 0 spiro atoms. The van der Waals surface area contributed by atoms with Crippen LogP contribution in [0.15, 0.2) is 96.2 Å². The molecule has 1 aliphatic heterocycles. The molecular formula is C26H27N3O2. The largest absolute Gasteiger partial charge is 0.437 e. The third-order valence-electron chi connectivity index (χ3n) is 5.52. The fourth-order valence-electron chi connectivity index (χ4n) is 3.99. The van der Waals surface area contributed by atoms with Gasteiger partial charge in [0.15, 0.2) is 0 Å². The average Bonchev–Trinajstić information content (AvgIpc) is 2.84. The maximum Gasteiger partial charge on any atom is 0.437 e. The maximum atomic E-state index is 12.3. The van der Waals surface area contributed by atoms with Crippen molar-refractivity contribution < 1.29 is 9.63 Å². The topological polar surface area (TPSA) is 53.9 Å². The Kier molecular flexibility index (Phi) is 7.08. The third-order valence-corrected chi connectivity index (χ3v) is 5.52. The van der Waals surface area contributed by atoms with Crippen molar-refractivity contribution in [1.29, 1.82) is 0 Å². The number of benzene rings is 3. The molecule has 1 amide bonds. The van der Waals surface area contributed by atoms with Crippen molar-refractivity contribution in [2.45, 2.75) is 25.3 Å². The van der Waals surface area contributed by atoms with E-state index in [4.69, 9.17) is 4.84 Å². The lowest BCUT2D eigenvalue weighted by molar-refractivity contribution is 0.158. The molecule has 0 aliphatic carbocycles. The molecule has 3 aromatic carbocycles. The van der Waals surface area contributed by atoms with Gasteiger partial charge >= 0.3 is 6.09 Å². The molecule has 1 atom stereocenters. The predicted molar refractivity (Wildman–Crippen MR) is 124 cm³/mol. The first-order valence-electron chi connectivity index (χ1n) is 10.7. The van der Waals surface area contributed by atoms with E-state index in [1.54, 1.807) is 12.1 Å². The Bertz CT molecular complexity index is 991. The van der Waals surface area contributed by atoms with Gasteiger partial charge in [-0.1, -0.05) is 90.4 Å². The maximum absolute atomic E-state index is 12.3. The van der Waals surface area contributed by atoms with Gasteiger partial charge in [-0.25, -0.2) is 4.79 Å². The Balaban J connectivity index is 1.52. The second-order valence-electron chi connectivity index (χ2n) is 7.67. The smallest absolute Gasteiger partial charge is 0.297 e. The summed E-state index contributed by atoms with van der Waals surface area (Å²) in [6, 6.07) is 30.1. The van der Waals surface area contributed by atoms with Crippen molar-refractivity contribution in [1.82, 2.24) is 4.90 Å². The summed E-state index contributed by atoms with van der Waals surface area (Å²) in [6.45, 7) is 1.60. The molecule has 1 heterocycles. The number of nitrogens with one attached hydrogen (secondary N) is 1. The van der Waals surface area contributed by atoms with Crippen LogP contribution in [-0.2, 0) is 4.84 Å². The number of para-hydroxylation sites is 1. The van der Waals surface area contributed by atoms with Gasteiger partial charge in [0.1, 0.15) is 5.71 Å². The number of nitrogens with zero attached hydrogens (tertiary/aromatic N) is 2. The Morgan fingerprint density at radius 1 is 0.903 bits per heavy atom. The number of likely N-dealkylation sites (tertiary alicyclic amines) is 1. The highest BCUT2D eigenvalue weighted by molar-refractivity contribution is 6.02. The molecule has 1 aliphatic rings. The van der Waals surface area contributed by atoms with Gasteiger partial charge in [-0.3, -0.25) is 15.1 Å². The third kappa shape index (κ3) is 5.80. The first kappa shape index (κ1) is 20.8. The van der Waals surface area contributed by atoms with Gasteiger partial charge in [0.05, 0.1) is 0 Å². The van der Waals surface area contributed by atoms with E-state index in [1.807, 2.05) is 54.6 Å². The lowest BCUT2D eigenvalue weighted by Crippen LogP contribution is -2.37. The number of hydrogen-bond acceptors (Lipinski definition) is 4. The second kappa shape index (κ2) is 10.5. The lowest BCUT2D eigenvalue weighted by atomic mass is 9.94. The minimum absolute atomic E-state index is 0.335. The van der Waals surface area contributed by atoms with Crippen LogP contribution in [0.4, 0.5) is 10.5 Å². The molecule has 4 rings (SSSR count). The number of oxime groups is 1. The molecule has 5 nitrogen and oxygen atoms in total. The van der Waals surface area contributed by atoms with Crippen molar-refractivity contribution in [2.24, 2.45) is 5.16 Å². The fourth-order valence-corrected chi connectivity index (χ4v) is 3.99. The van der Waals surface area contributed by atoms with Crippen LogP contribution in [-0.4, -0.2) is 29.8 Å². The first-order valence-corrected chi connectivity index (χ1v) is 10.7. The number of hydrogen-bond donors (Lipinski definition) is 1. The van der Waals surface area contributed by atoms with Crippen LogP contribution < -0.4 is 5.32 Å². The quantitative estimate of drug-likeness (QED) is 0.312. The zero-order valence-corrected chi connectivity index (χ0v) is 17.5. The van der Waals surface area contributed by atoms with Gasteiger partial charge in [0.2, 0.25) is 0 Å². The van der Waals surface area contributed by atoms with Crippen molar-refractivity contribution >= 4 is 17.5 Å². The Labute approximate surface area is 183 Å². The van der Waals surface area contributed by atoms with Crippen LogP contribution in [0.25, 0.3) is 0 Å². The summed E-state index contributed by atoms with van der Waals surface area (Å²) < 4.78 is 0. The minimum atomic E-state index is -0.599. The molecule has 1 N–H and O–H groups in total. The standard InChI is InChI=1S/C26H27N3O2/c30-26(27-23-16-8-3-9-17-23)31-28-24(21-12-4-1-5-13-21)20-29-19-11-10-18-25(29)22-14-6-2-7-15-22/h1-9,12-17,25H,10-11,18-20H2,(H,27,30)/b28-24-. The highest BCUT2D eigenvalue weighted by Crippen LogP contribution is 2.30. The number of rotatable bonds is 6. The molecule has 31 heavy (non-hydrogen) atoms. The summed E-state index contributed by atoms with van der Waals surface area (Å²) >= 11 is 0. The van der Waals surface area contributed by atoms with E-state index in [0.717, 1.165) is 30.7 Å². The Morgan fingerprint density at radius 2 is 1.55 bits per heavy atom. The van der Waals surface area contributed by atoms with Crippen LogP contribution in [0, 0.1) is 0 Å². The van der Waals surface area contributed by atoms with Gasteiger partial charge in [0, 0.05) is 23.8 Å². The van der Waals surface area contributed by atoms with Crippen molar-refractivity contribution in [3.63, 3.8) is 0 Å². The van der Waals surface area contributed by atoms with E-state index in [9.17, 15) is 4.79 Å². The van der Waals surface area contributed by atoms with Crippen LogP contribution in [0.1, 0.15) is 36.4 Å². The number of amides is 1. The molecule has 0 radical (unpaired) electrons. The van der Waals surface area contributed by atoms with Crippen LogP contribution >= 0.6 is 0 Å². The molecule has 0 bridgehead atoms. The van der Waals surface area contributed by atoms with Crippen LogP contribution in [0.2, 0.25) is 0 Å². The van der Waals surface area contributed by atoms with E-state index >= 15 is 0 Å². The highest BCUT2D eigenvalue weighted by atomic mass is 16.7. The number of anilines is 1. The normalized spacial score (nSPS) is 17.2. The molecule has 1 unspecified atom stereocenters. The SMILES string of the molecule is O=C(Nc1ccccc1)O/N=C(/CN1CCCCC1c1ccccc1)c1ccccc1. The van der Waals surface area contributed by atoms with Gasteiger partial charge < -0.3 is 0 Å². The van der Waals surface area contributed by atoms with Crippen molar-refractivity contribution in [3.05, 3.63) is 102 Å². The summed E-state index contributed by atoms with van der Waals surface area (Å²) in [5, 5.41) is 6.98. The van der Waals surface area contributed by atoms with E-state index in [2.05, 4.69) is 39.6 Å². The van der Waals surface area contributed by atoms with Crippen molar-refractivity contribution in [3.8, 4) is 0 Å². The van der Waals surface area contributed by atoms with Crippen LogP contribution in [0.5, 0.6) is 0 Å². The van der Waals surface area contributed by atoms with Gasteiger partial charge in [-0.2, -0.15) is 0 Å². The fraction of sp³-hybridized carbons (Fsp3) is 0.231. The lowest BCUT2D eigenvalue weighted by Gasteiger charge is -2.36. The predicted octanol–water partition coefficient (Wildman–Crippen LogP) is 5.87. The van der Waals surface area contributed by atoms with Gasteiger partial charge in [-0.05, 0) is 37.1 Å². The molecule has 0 saturated carbocycles. The summed E-state index contributed by atoms with van der Waals surface area (Å²) in [5.41, 5.74) is 3.68. The number of piperidine rings is 1. The van der Waals surface area contributed by atoms with E-state index in [0.29, 0.717) is 18.3 Å². The van der Waals surface area contributed by atoms with Gasteiger partial charge in [0.25, 0.3) is 0 Å². The zero-order chi connectivity index (χ0) is 21.3. The van der Waals surface area contributed by atoms with E-state index < -0.39 is 6.09 Å². The van der Waals surface area contributed by atoms with Crippen molar-refractivity contribution in [2.75, 3.05) is 18.4 Å². The molecule has 1 fully saturated rings. The molecule has 5 heteroatoms. The summed E-state index contributed by atoms with van der Waals surface area (Å²) in [4.78, 5) is 20.0. The Morgan fingerprint density at radius 3 is 2.26 bits per heavy atom. The number of carbonyl (C=O) groups excluding carboxylic acids is 1. The average molecular weight is 414 g/mol. The van der Waals surface area contributed by atoms with E-state index in [-0.39, 0.29) is 0 Å². The minimum Gasteiger partial charge on any atom is -0.297 e. The van der Waals surface area contributed by atoms with E-state index in [1.165, 1.54) is 12.0 Å². The summed E-state index contributed by atoms with van der Waals surface area (Å²) in [6.07, 6.45) is 2.88. The molecular weight excluding hydrogens is 386 g/mol.